The van der Waals surface area contributed by atoms with Gasteiger partial charge in [0.25, 0.3) is 0 Å². The lowest BCUT2D eigenvalue weighted by Gasteiger charge is -2.09. The first kappa shape index (κ1) is 15.0. The van der Waals surface area contributed by atoms with Crippen LogP contribution in [0.4, 0.5) is 0 Å². The summed E-state index contributed by atoms with van der Waals surface area (Å²) in [5.41, 5.74) is 2.46. The molecule has 2 N–H and O–H groups in total. The van der Waals surface area contributed by atoms with Gasteiger partial charge in [0.15, 0.2) is 0 Å². The van der Waals surface area contributed by atoms with Crippen molar-refractivity contribution in [1.29, 1.82) is 0 Å². The van der Waals surface area contributed by atoms with E-state index in [1.165, 1.54) is 24.0 Å². The van der Waals surface area contributed by atoms with Gasteiger partial charge in [-0.1, -0.05) is 19.1 Å². The third kappa shape index (κ3) is 5.52. The van der Waals surface area contributed by atoms with Gasteiger partial charge in [-0.15, -0.1) is 0 Å². The van der Waals surface area contributed by atoms with E-state index in [9.17, 15) is 0 Å². The zero-order valence-electron chi connectivity index (χ0n) is 11.9. The lowest BCUT2D eigenvalue weighted by molar-refractivity contribution is 0.411. The Hall–Kier alpha value is -1.06. The Kier molecular flexibility index (Phi) is 7.46. The van der Waals surface area contributed by atoms with Gasteiger partial charge in [0.1, 0.15) is 5.75 Å². The van der Waals surface area contributed by atoms with Gasteiger partial charge >= 0.3 is 0 Å². The van der Waals surface area contributed by atoms with E-state index in [1.54, 1.807) is 7.11 Å². The Morgan fingerprint density at radius 1 is 1.11 bits per heavy atom. The first-order valence-electron chi connectivity index (χ1n) is 6.83. The maximum Gasteiger partial charge on any atom is 0.122 e. The number of hydrogen-bond donors (Lipinski definition) is 2. The van der Waals surface area contributed by atoms with Crippen LogP contribution < -0.4 is 15.4 Å². The maximum atomic E-state index is 5.32. The Morgan fingerprint density at radius 3 is 2.61 bits per heavy atom. The molecule has 1 rings (SSSR count). The molecule has 3 heteroatoms. The quantitative estimate of drug-likeness (QED) is 0.661. The molecule has 0 aromatic heterocycles. The fourth-order valence-corrected chi connectivity index (χ4v) is 1.85. The molecule has 0 atom stereocenters. The van der Waals surface area contributed by atoms with E-state index in [2.05, 4.69) is 42.7 Å². The van der Waals surface area contributed by atoms with Crippen LogP contribution in [0.3, 0.4) is 0 Å². The van der Waals surface area contributed by atoms with Gasteiger partial charge in [0.05, 0.1) is 7.11 Å². The van der Waals surface area contributed by atoms with Crippen molar-refractivity contribution in [2.45, 2.75) is 33.2 Å². The van der Waals surface area contributed by atoms with E-state index in [-0.39, 0.29) is 0 Å². The highest BCUT2D eigenvalue weighted by molar-refractivity contribution is 5.36. The van der Waals surface area contributed by atoms with Crippen molar-refractivity contribution in [2.24, 2.45) is 0 Å². The van der Waals surface area contributed by atoms with E-state index in [0.717, 1.165) is 31.9 Å². The molecule has 102 valence electrons. The predicted molar refractivity (Wildman–Crippen MR) is 77.2 cm³/mol. The summed E-state index contributed by atoms with van der Waals surface area (Å²) in [6.07, 6.45) is 2.37. The molecule has 0 aliphatic heterocycles. The zero-order valence-corrected chi connectivity index (χ0v) is 11.9. The molecule has 0 radical (unpaired) electrons. The van der Waals surface area contributed by atoms with Gasteiger partial charge in [0, 0.05) is 6.54 Å². The van der Waals surface area contributed by atoms with Gasteiger partial charge in [-0.25, -0.2) is 0 Å². The minimum Gasteiger partial charge on any atom is -0.496 e. The molecule has 18 heavy (non-hydrogen) atoms. The van der Waals surface area contributed by atoms with Crippen molar-refractivity contribution >= 4 is 0 Å². The summed E-state index contributed by atoms with van der Waals surface area (Å²) < 4.78 is 5.32. The second-order valence-electron chi connectivity index (χ2n) is 4.58. The molecule has 3 nitrogen and oxygen atoms in total. The van der Waals surface area contributed by atoms with E-state index in [4.69, 9.17) is 4.74 Å². The van der Waals surface area contributed by atoms with Crippen LogP contribution >= 0.6 is 0 Å². The van der Waals surface area contributed by atoms with Gasteiger partial charge in [-0.05, 0) is 56.6 Å². The van der Waals surface area contributed by atoms with E-state index in [0.29, 0.717) is 0 Å². The third-order valence-electron chi connectivity index (χ3n) is 2.94. The van der Waals surface area contributed by atoms with Crippen LogP contribution in [-0.4, -0.2) is 26.7 Å². The lowest BCUT2D eigenvalue weighted by Crippen LogP contribution is -2.22. The normalized spacial score (nSPS) is 10.6. The number of hydrogen-bond acceptors (Lipinski definition) is 3. The fraction of sp³-hybridized carbons (Fsp3) is 0.600. The van der Waals surface area contributed by atoms with Crippen molar-refractivity contribution in [1.82, 2.24) is 10.6 Å². The van der Waals surface area contributed by atoms with Crippen LogP contribution in [0.2, 0.25) is 0 Å². The van der Waals surface area contributed by atoms with Gasteiger partial charge in [0.2, 0.25) is 0 Å². The molecule has 0 amide bonds. The second kappa shape index (κ2) is 8.95. The molecule has 0 fully saturated rings. The van der Waals surface area contributed by atoms with Crippen molar-refractivity contribution < 1.29 is 4.74 Å². The molecular weight excluding hydrogens is 224 g/mol. The second-order valence-corrected chi connectivity index (χ2v) is 4.58. The molecule has 0 spiro atoms. The third-order valence-corrected chi connectivity index (χ3v) is 2.94. The van der Waals surface area contributed by atoms with E-state index in [1.807, 2.05) is 0 Å². The average molecular weight is 250 g/mol. The highest BCUT2D eigenvalue weighted by atomic mass is 16.5. The summed E-state index contributed by atoms with van der Waals surface area (Å²) in [5, 5.41) is 6.85. The van der Waals surface area contributed by atoms with Crippen LogP contribution in [0.15, 0.2) is 18.2 Å². The Bertz CT molecular complexity index is 339. The van der Waals surface area contributed by atoms with Gasteiger partial charge in [-0.2, -0.15) is 0 Å². The van der Waals surface area contributed by atoms with Crippen LogP contribution in [0.25, 0.3) is 0 Å². The highest BCUT2D eigenvalue weighted by Crippen LogP contribution is 2.18. The molecule has 0 unspecified atom stereocenters. The molecule has 0 saturated heterocycles. The minimum absolute atomic E-state index is 0.907. The minimum atomic E-state index is 0.907. The number of nitrogens with one attached hydrogen (secondary N) is 2. The van der Waals surface area contributed by atoms with Crippen LogP contribution in [0, 0.1) is 6.92 Å². The van der Waals surface area contributed by atoms with Crippen LogP contribution in [0.1, 0.15) is 30.9 Å². The first-order valence-corrected chi connectivity index (χ1v) is 6.83. The molecular formula is C15H26N2O. The molecule has 0 heterocycles. The van der Waals surface area contributed by atoms with Crippen molar-refractivity contribution in [2.75, 3.05) is 26.7 Å². The highest BCUT2D eigenvalue weighted by Gasteiger charge is 1.99. The summed E-state index contributed by atoms with van der Waals surface area (Å²) in [7, 11) is 1.72. The Balaban J connectivity index is 2.19. The summed E-state index contributed by atoms with van der Waals surface area (Å²) >= 11 is 0. The monoisotopic (exact) mass is 250 g/mol. The summed E-state index contributed by atoms with van der Waals surface area (Å²) in [4.78, 5) is 0. The Labute approximate surface area is 111 Å². The van der Waals surface area contributed by atoms with Crippen LogP contribution in [0.5, 0.6) is 5.75 Å². The molecule has 0 aliphatic rings. The number of aryl methyl sites for hydroxylation is 1. The molecule has 0 bridgehead atoms. The Morgan fingerprint density at radius 2 is 1.89 bits per heavy atom. The number of benzene rings is 1. The molecule has 1 aromatic rings. The van der Waals surface area contributed by atoms with E-state index < -0.39 is 0 Å². The van der Waals surface area contributed by atoms with Crippen LogP contribution in [-0.2, 0) is 6.54 Å². The predicted octanol–water partition coefficient (Wildman–Crippen LogP) is 2.48. The summed E-state index contributed by atoms with van der Waals surface area (Å²) in [6.45, 7) is 8.43. The lowest BCUT2D eigenvalue weighted by atomic mass is 10.1. The summed E-state index contributed by atoms with van der Waals surface area (Å²) in [5.74, 6) is 0.971. The van der Waals surface area contributed by atoms with E-state index >= 15 is 0 Å². The first-order chi connectivity index (χ1) is 8.77. The number of ether oxygens (including phenoxy) is 1. The van der Waals surface area contributed by atoms with Crippen molar-refractivity contribution in [3.8, 4) is 5.75 Å². The smallest absolute Gasteiger partial charge is 0.122 e. The van der Waals surface area contributed by atoms with Gasteiger partial charge < -0.3 is 15.4 Å². The molecule has 0 aliphatic carbocycles. The number of rotatable bonds is 9. The SMILES string of the molecule is CCCNCCCNCc1ccc(C)c(OC)c1. The van der Waals surface area contributed by atoms with Crippen molar-refractivity contribution in [3.63, 3.8) is 0 Å². The van der Waals surface area contributed by atoms with Gasteiger partial charge in [-0.3, -0.25) is 0 Å². The standard InChI is InChI=1S/C15H26N2O/c1-4-8-16-9-5-10-17-12-14-7-6-13(2)15(11-14)18-3/h6-7,11,16-17H,4-5,8-10,12H2,1-3H3. The zero-order chi connectivity index (χ0) is 13.2. The largest absolute Gasteiger partial charge is 0.496 e. The molecule has 1 aromatic carbocycles. The molecule has 0 saturated carbocycles. The van der Waals surface area contributed by atoms with Crippen molar-refractivity contribution in [3.05, 3.63) is 29.3 Å². The average Bonchev–Trinajstić information content (AvgIpc) is 2.39. The number of methoxy groups -OCH3 is 1. The topological polar surface area (TPSA) is 33.3 Å². The summed E-state index contributed by atoms with van der Waals surface area (Å²) in [6, 6.07) is 6.37. The fourth-order valence-electron chi connectivity index (χ4n) is 1.85. The maximum absolute atomic E-state index is 5.32.